The fourth-order valence-corrected chi connectivity index (χ4v) is 3.75. The summed E-state index contributed by atoms with van der Waals surface area (Å²) < 4.78 is 38.4. The lowest BCUT2D eigenvalue weighted by Crippen LogP contribution is -2.11. The molecule has 1 aromatic heterocycles. The van der Waals surface area contributed by atoms with Crippen molar-refractivity contribution in [1.29, 1.82) is 0 Å². The van der Waals surface area contributed by atoms with Crippen LogP contribution < -0.4 is 10.0 Å². The summed E-state index contributed by atoms with van der Waals surface area (Å²) in [7, 11) is -3.40. The van der Waals surface area contributed by atoms with Crippen LogP contribution in [-0.2, 0) is 10.0 Å². The first-order valence-electron chi connectivity index (χ1n) is 6.75. The first-order valence-corrected chi connectivity index (χ1v) is 9.46. The average Bonchev–Trinajstić information content (AvgIpc) is 2.87. The number of nitrogens with one attached hydrogen (secondary N) is 2. The fourth-order valence-electron chi connectivity index (χ4n) is 2.01. The molecule has 0 radical (unpaired) electrons. The normalized spacial score (nSPS) is 11.4. The Morgan fingerprint density at radius 1 is 1.17 bits per heavy atom. The number of thiazole rings is 1. The molecule has 3 rings (SSSR count). The summed E-state index contributed by atoms with van der Waals surface area (Å²) in [4.78, 5) is 16.3. The van der Waals surface area contributed by atoms with Crippen molar-refractivity contribution in [1.82, 2.24) is 4.98 Å². The molecule has 0 fully saturated rings. The van der Waals surface area contributed by atoms with Crippen molar-refractivity contribution in [2.75, 3.05) is 16.3 Å². The molecule has 3 aromatic rings. The number of carbonyl (C=O) groups excluding carboxylic acids is 1. The molecule has 0 bridgehead atoms. The fraction of sp³-hybridized carbons (Fsp3) is 0.0667. The molecular formula is C15H12FN3O3S2. The van der Waals surface area contributed by atoms with Gasteiger partial charge in [-0.25, -0.2) is 17.8 Å². The number of carbonyl (C=O) groups is 1. The smallest absolute Gasteiger partial charge is 0.255 e. The topological polar surface area (TPSA) is 88.2 Å². The summed E-state index contributed by atoms with van der Waals surface area (Å²) in [5.41, 5.74) is 1.48. The van der Waals surface area contributed by atoms with Gasteiger partial charge in [-0.3, -0.25) is 9.52 Å². The van der Waals surface area contributed by atoms with E-state index in [0.29, 0.717) is 16.8 Å². The Hall–Kier alpha value is -2.52. The number of aromatic nitrogens is 1. The van der Waals surface area contributed by atoms with Crippen molar-refractivity contribution in [2.45, 2.75) is 0 Å². The molecule has 6 nitrogen and oxygen atoms in total. The van der Waals surface area contributed by atoms with E-state index in [1.54, 1.807) is 18.2 Å². The highest BCUT2D eigenvalue weighted by Gasteiger charge is 2.10. The zero-order valence-electron chi connectivity index (χ0n) is 12.4. The summed E-state index contributed by atoms with van der Waals surface area (Å²) in [5.74, 6) is -0.781. The minimum absolute atomic E-state index is 0.259. The number of sulfonamides is 1. The van der Waals surface area contributed by atoms with Gasteiger partial charge in [0.25, 0.3) is 5.91 Å². The number of nitrogens with zero attached hydrogens (tertiary/aromatic N) is 1. The first-order chi connectivity index (χ1) is 11.3. The molecule has 0 saturated carbocycles. The van der Waals surface area contributed by atoms with Crippen LogP contribution in [0.15, 0.2) is 42.5 Å². The highest BCUT2D eigenvalue weighted by molar-refractivity contribution is 7.92. The molecule has 24 heavy (non-hydrogen) atoms. The van der Waals surface area contributed by atoms with Crippen molar-refractivity contribution in [2.24, 2.45) is 0 Å². The number of amides is 1. The second-order valence-electron chi connectivity index (χ2n) is 5.04. The number of rotatable bonds is 4. The Labute approximate surface area is 141 Å². The van der Waals surface area contributed by atoms with Crippen LogP contribution in [0.4, 0.5) is 15.2 Å². The largest absolute Gasteiger partial charge is 0.322 e. The van der Waals surface area contributed by atoms with Gasteiger partial charge in [0.05, 0.1) is 16.5 Å². The first kappa shape index (κ1) is 16.3. The van der Waals surface area contributed by atoms with Gasteiger partial charge in [-0.1, -0.05) is 11.3 Å². The van der Waals surface area contributed by atoms with E-state index >= 15 is 0 Å². The Morgan fingerprint density at radius 3 is 2.54 bits per heavy atom. The summed E-state index contributed by atoms with van der Waals surface area (Å²) in [6.45, 7) is 0. The quantitative estimate of drug-likeness (QED) is 0.744. The van der Waals surface area contributed by atoms with Gasteiger partial charge in [0.2, 0.25) is 10.0 Å². The average molecular weight is 365 g/mol. The molecule has 1 amide bonds. The van der Waals surface area contributed by atoms with E-state index in [4.69, 9.17) is 0 Å². The predicted octanol–water partition coefficient (Wildman–Crippen LogP) is 3.06. The van der Waals surface area contributed by atoms with Gasteiger partial charge >= 0.3 is 0 Å². The van der Waals surface area contributed by atoms with Gasteiger partial charge in [-0.15, -0.1) is 0 Å². The molecule has 0 aliphatic carbocycles. The minimum atomic E-state index is -3.40. The summed E-state index contributed by atoms with van der Waals surface area (Å²) in [6, 6.07) is 10.2. The molecule has 124 valence electrons. The molecule has 0 aliphatic heterocycles. The van der Waals surface area contributed by atoms with E-state index in [-0.39, 0.29) is 11.0 Å². The number of fused-ring (bicyclic) bond motifs is 1. The van der Waals surface area contributed by atoms with Gasteiger partial charge in [0.15, 0.2) is 5.13 Å². The molecule has 0 aliphatic rings. The lowest BCUT2D eigenvalue weighted by atomic mass is 10.2. The van der Waals surface area contributed by atoms with E-state index < -0.39 is 15.8 Å². The van der Waals surface area contributed by atoms with Gasteiger partial charge in [0.1, 0.15) is 5.82 Å². The zero-order valence-corrected chi connectivity index (χ0v) is 14.0. The van der Waals surface area contributed by atoms with E-state index in [1.807, 2.05) is 0 Å². The Bertz CT molecular complexity index is 1010. The van der Waals surface area contributed by atoms with Crippen LogP contribution in [-0.4, -0.2) is 25.6 Å². The van der Waals surface area contributed by atoms with Crippen molar-refractivity contribution in [3.63, 3.8) is 0 Å². The summed E-state index contributed by atoms with van der Waals surface area (Å²) >= 11 is 1.16. The number of anilines is 2. The lowest BCUT2D eigenvalue weighted by Gasteiger charge is -2.05. The molecular weight excluding hydrogens is 353 g/mol. The van der Waals surface area contributed by atoms with Crippen molar-refractivity contribution >= 4 is 48.3 Å². The van der Waals surface area contributed by atoms with E-state index in [2.05, 4.69) is 15.0 Å². The molecule has 0 unspecified atom stereocenters. The molecule has 2 N–H and O–H groups in total. The standard InChI is InChI=1S/C15H12FN3O3S2/c1-24(21,22)19-15-18-12-7-6-11(8-13(12)23-15)17-14(20)9-2-4-10(16)5-3-9/h2-8H,1H3,(H,17,20)(H,18,19). The van der Waals surface area contributed by atoms with E-state index in [1.165, 1.54) is 24.3 Å². The molecule has 2 aromatic carbocycles. The monoisotopic (exact) mass is 365 g/mol. The van der Waals surface area contributed by atoms with Crippen LogP contribution >= 0.6 is 11.3 Å². The number of hydrogen-bond acceptors (Lipinski definition) is 5. The molecule has 1 heterocycles. The SMILES string of the molecule is CS(=O)(=O)Nc1nc2ccc(NC(=O)c3ccc(F)cc3)cc2s1. The Kier molecular flexibility index (Phi) is 4.20. The summed E-state index contributed by atoms with van der Waals surface area (Å²) in [6.07, 6.45) is 1.05. The van der Waals surface area contributed by atoms with E-state index in [9.17, 15) is 17.6 Å². The van der Waals surface area contributed by atoms with Crippen LogP contribution in [0.1, 0.15) is 10.4 Å². The maximum absolute atomic E-state index is 12.9. The predicted molar refractivity (Wildman–Crippen MR) is 92.4 cm³/mol. The second kappa shape index (κ2) is 6.17. The van der Waals surface area contributed by atoms with Crippen molar-refractivity contribution in [3.05, 3.63) is 53.8 Å². The third kappa shape index (κ3) is 3.87. The second-order valence-corrected chi connectivity index (χ2v) is 7.82. The molecule has 0 atom stereocenters. The van der Waals surface area contributed by atoms with Gasteiger partial charge in [-0.05, 0) is 42.5 Å². The van der Waals surface area contributed by atoms with Crippen molar-refractivity contribution < 1.29 is 17.6 Å². The molecule has 9 heteroatoms. The van der Waals surface area contributed by atoms with Gasteiger partial charge < -0.3 is 5.32 Å². The molecule has 0 saturated heterocycles. The lowest BCUT2D eigenvalue weighted by molar-refractivity contribution is 0.102. The highest BCUT2D eigenvalue weighted by Crippen LogP contribution is 2.29. The third-order valence-electron chi connectivity index (χ3n) is 3.03. The number of hydrogen-bond donors (Lipinski definition) is 2. The number of benzene rings is 2. The van der Waals surface area contributed by atoms with Crippen LogP contribution in [0.5, 0.6) is 0 Å². The van der Waals surface area contributed by atoms with Crippen LogP contribution in [0, 0.1) is 5.82 Å². The maximum Gasteiger partial charge on any atom is 0.255 e. The Balaban J connectivity index is 1.82. The molecule has 0 spiro atoms. The van der Waals surface area contributed by atoms with Crippen LogP contribution in [0.25, 0.3) is 10.2 Å². The van der Waals surface area contributed by atoms with Crippen LogP contribution in [0.2, 0.25) is 0 Å². The maximum atomic E-state index is 12.9. The van der Waals surface area contributed by atoms with Crippen molar-refractivity contribution in [3.8, 4) is 0 Å². The zero-order chi connectivity index (χ0) is 17.3. The third-order valence-corrected chi connectivity index (χ3v) is 4.65. The summed E-state index contributed by atoms with van der Waals surface area (Å²) in [5, 5.41) is 2.96. The highest BCUT2D eigenvalue weighted by atomic mass is 32.2. The van der Waals surface area contributed by atoms with E-state index in [0.717, 1.165) is 22.3 Å². The Morgan fingerprint density at radius 2 is 1.88 bits per heavy atom. The number of halogens is 1. The van der Waals surface area contributed by atoms with Gasteiger partial charge in [-0.2, -0.15) is 0 Å². The van der Waals surface area contributed by atoms with Gasteiger partial charge in [0, 0.05) is 11.3 Å². The van der Waals surface area contributed by atoms with Crippen LogP contribution in [0.3, 0.4) is 0 Å². The minimum Gasteiger partial charge on any atom is -0.322 e.